The Balaban J connectivity index is 2.06. The summed E-state index contributed by atoms with van der Waals surface area (Å²) in [5.74, 6) is 0.514. The Morgan fingerprint density at radius 2 is 1.26 bits per heavy atom. The lowest BCUT2D eigenvalue weighted by Gasteiger charge is -2.07. The minimum absolute atomic E-state index is 0.109. The number of hydrogen-bond acceptors (Lipinski definition) is 3. The van der Waals surface area contributed by atoms with Gasteiger partial charge in [-0.3, -0.25) is 0 Å². The molecule has 0 aliphatic heterocycles. The van der Waals surface area contributed by atoms with Gasteiger partial charge in [0.2, 0.25) is 0 Å². The number of hydrogen-bond donors (Lipinski definition) is 0. The van der Waals surface area contributed by atoms with Gasteiger partial charge in [-0.1, -0.05) is 82.4 Å². The van der Waals surface area contributed by atoms with E-state index in [1.165, 1.54) is 44.9 Å². The standard InChI is InChI=1S/C19H32O3S/c1-3-4-5-6-7-8-9-10-11-12-17-23(20,21)22-19-15-13-18(2)14-16-19/h13-16H,3-12,17H2,1-2H3. The predicted octanol–water partition coefficient (Wildman–Crippen LogP) is 5.62. The predicted molar refractivity (Wildman–Crippen MR) is 97.4 cm³/mol. The zero-order valence-electron chi connectivity index (χ0n) is 14.7. The summed E-state index contributed by atoms with van der Waals surface area (Å²) in [6, 6.07) is 7.10. The maximum Gasteiger partial charge on any atom is 0.309 e. The molecule has 0 fully saturated rings. The van der Waals surface area contributed by atoms with E-state index in [0.29, 0.717) is 12.2 Å². The van der Waals surface area contributed by atoms with Crippen molar-refractivity contribution in [2.45, 2.75) is 78.1 Å². The smallest absolute Gasteiger partial charge is 0.309 e. The van der Waals surface area contributed by atoms with Gasteiger partial charge in [-0.05, 0) is 25.5 Å². The van der Waals surface area contributed by atoms with Crippen molar-refractivity contribution in [1.82, 2.24) is 0 Å². The van der Waals surface area contributed by atoms with Gasteiger partial charge in [0.1, 0.15) is 5.75 Å². The third-order valence-corrected chi connectivity index (χ3v) is 5.23. The molecule has 0 atom stereocenters. The first-order chi connectivity index (χ1) is 11.0. The Morgan fingerprint density at radius 3 is 1.78 bits per heavy atom. The molecule has 0 N–H and O–H groups in total. The van der Waals surface area contributed by atoms with Gasteiger partial charge in [-0.25, -0.2) is 0 Å². The van der Waals surface area contributed by atoms with Crippen molar-refractivity contribution in [2.75, 3.05) is 5.75 Å². The molecule has 0 heterocycles. The van der Waals surface area contributed by atoms with Gasteiger partial charge in [0.05, 0.1) is 5.75 Å². The van der Waals surface area contributed by atoms with Crippen LogP contribution >= 0.6 is 0 Å². The molecular formula is C19H32O3S. The second kappa shape index (κ2) is 11.5. The summed E-state index contributed by atoms with van der Waals surface area (Å²) in [5.41, 5.74) is 1.09. The molecule has 0 aliphatic rings. The third kappa shape index (κ3) is 10.4. The van der Waals surface area contributed by atoms with E-state index in [-0.39, 0.29) is 5.75 Å². The molecule has 0 radical (unpaired) electrons. The van der Waals surface area contributed by atoms with Gasteiger partial charge in [0, 0.05) is 0 Å². The van der Waals surface area contributed by atoms with Crippen LogP contribution in [0.4, 0.5) is 0 Å². The van der Waals surface area contributed by atoms with Crippen LogP contribution in [0.15, 0.2) is 24.3 Å². The van der Waals surface area contributed by atoms with Crippen molar-refractivity contribution in [1.29, 1.82) is 0 Å². The lowest BCUT2D eigenvalue weighted by molar-refractivity contribution is 0.481. The molecule has 1 aromatic carbocycles. The molecule has 23 heavy (non-hydrogen) atoms. The van der Waals surface area contributed by atoms with Crippen LogP contribution in [0.2, 0.25) is 0 Å². The molecule has 0 amide bonds. The van der Waals surface area contributed by atoms with Crippen LogP contribution in [0.3, 0.4) is 0 Å². The normalized spacial score (nSPS) is 11.6. The molecule has 0 saturated heterocycles. The summed E-state index contributed by atoms with van der Waals surface area (Å²) in [5, 5.41) is 0. The van der Waals surface area contributed by atoms with Crippen LogP contribution < -0.4 is 4.18 Å². The highest BCUT2D eigenvalue weighted by molar-refractivity contribution is 7.87. The maximum atomic E-state index is 11.9. The van der Waals surface area contributed by atoms with E-state index in [9.17, 15) is 8.42 Å². The first-order valence-corrected chi connectivity index (χ1v) is 10.6. The van der Waals surface area contributed by atoms with Crippen LogP contribution in [0.5, 0.6) is 5.75 Å². The Hall–Kier alpha value is -1.03. The Labute approximate surface area is 142 Å². The van der Waals surface area contributed by atoms with Crippen LogP contribution in [-0.2, 0) is 10.1 Å². The molecule has 0 spiro atoms. The Bertz CT molecular complexity index is 506. The van der Waals surface area contributed by atoms with Gasteiger partial charge in [-0.15, -0.1) is 0 Å². The molecule has 4 heteroatoms. The van der Waals surface area contributed by atoms with E-state index in [1.807, 2.05) is 19.1 Å². The van der Waals surface area contributed by atoms with Crippen molar-refractivity contribution in [3.05, 3.63) is 29.8 Å². The fourth-order valence-corrected chi connectivity index (χ4v) is 3.59. The fourth-order valence-electron chi connectivity index (χ4n) is 2.55. The van der Waals surface area contributed by atoms with Gasteiger partial charge in [0.25, 0.3) is 0 Å². The number of unbranched alkanes of at least 4 members (excludes halogenated alkanes) is 9. The minimum atomic E-state index is -3.46. The summed E-state index contributed by atoms with van der Waals surface area (Å²) in [6.07, 6.45) is 11.9. The van der Waals surface area contributed by atoms with Crippen LogP contribution in [0.25, 0.3) is 0 Å². The SMILES string of the molecule is CCCCCCCCCCCCS(=O)(=O)Oc1ccc(C)cc1. The molecule has 132 valence electrons. The fraction of sp³-hybridized carbons (Fsp3) is 0.684. The molecule has 0 bridgehead atoms. The lowest BCUT2D eigenvalue weighted by atomic mass is 10.1. The van der Waals surface area contributed by atoms with Gasteiger partial charge in [-0.2, -0.15) is 8.42 Å². The molecule has 1 aromatic rings. The highest BCUT2D eigenvalue weighted by atomic mass is 32.2. The monoisotopic (exact) mass is 340 g/mol. The topological polar surface area (TPSA) is 43.4 Å². The largest absolute Gasteiger partial charge is 0.382 e. The van der Waals surface area contributed by atoms with Gasteiger partial charge < -0.3 is 4.18 Å². The Morgan fingerprint density at radius 1 is 0.783 bits per heavy atom. The van der Waals surface area contributed by atoms with Gasteiger partial charge >= 0.3 is 10.1 Å². The van der Waals surface area contributed by atoms with Crippen molar-refractivity contribution in [2.24, 2.45) is 0 Å². The first-order valence-electron chi connectivity index (χ1n) is 9.02. The summed E-state index contributed by atoms with van der Waals surface area (Å²) >= 11 is 0. The second-order valence-electron chi connectivity index (χ2n) is 6.34. The summed E-state index contributed by atoms with van der Waals surface area (Å²) in [4.78, 5) is 0. The van der Waals surface area contributed by atoms with Crippen molar-refractivity contribution in [3.63, 3.8) is 0 Å². The molecule has 1 rings (SSSR count). The number of benzene rings is 1. The van der Waals surface area contributed by atoms with Crippen molar-refractivity contribution in [3.8, 4) is 5.75 Å². The van der Waals surface area contributed by atoms with E-state index >= 15 is 0 Å². The zero-order valence-corrected chi connectivity index (χ0v) is 15.5. The molecular weight excluding hydrogens is 308 g/mol. The van der Waals surface area contributed by atoms with Crippen LogP contribution in [-0.4, -0.2) is 14.2 Å². The van der Waals surface area contributed by atoms with E-state index in [2.05, 4.69) is 6.92 Å². The summed E-state index contributed by atoms with van der Waals surface area (Å²) in [7, 11) is -3.46. The van der Waals surface area contributed by atoms with Crippen molar-refractivity contribution >= 4 is 10.1 Å². The molecule has 3 nitrogen and oxygen atoms in total. The zero-order chi connectivity index (χ0) is 17.0. The third-order valence-electron chi connectivity index (χ3n) is 3.99. The first kappa shape index (κ1) is 20.0. The minimum Gasteiger partial charge on any atom is -0.382 e. The van der Waals surface area contributed by atoms with E-state index in [0.717, 1.165) is 18.4 Å². The second-order valence-corrected chi connectivity index (χ2v) is 8.03. The molecule has 0 unspecified atom stereocenters. The molecule has 0 saturated carbocycles. The van der Waals surface area contributed by atoms with Crippen LogP contribution in [0, 0.1) is 6.92 Å². The van der Waals surface area contributed by atoms with E-state index in [4.69, 9.17) is 4.18 Å². The van der Waals surface area contributed by atoms with E-state index < -0.39 is 10.1 Å². The lowest BCUT2D eigenvalue weighted by Crippen LogP contribution is -2.13. The molecule has 0 aromatic heterocycles. The highest BCUT2D eigenvalue weighted by Crippen LogP contribution is 2.15. The van der Waals surface area contributed by atoms with Crippen molar-refractivity contribution < 1.29 is 12.6 Å². The summed E-state index contributed by atoms with van der Waals surface area (Å²) < 4.78 is 28.9. The summed E-state index contributed by atoms with van der Waals surface area (Å²) in [6.45, 7) is 4.19. The van der Waals surface area contributed by atoms with E-state index in [1.54, 1.807) is 12.1 Å². The average molecular weight is 341 g/mol. The number of aryl methyl sites for hydroxylation is 1. The highest BCUT2D eigenvalue weighted by Gasteiger charge is 2.12. The van der Waals surface area contributed by atoms with Gasteiger partial charge in [0.15, 0.2) is 0 Å². The Kier molecular flexibility index (Phi) is 10.0. The number of rotatable bonds is 13. The molecule has 0 aliphatic carbocycles. The average Bonchev–Trinajstić information content (AvgIpc) is 2.51. The maximum absolute atomic E-state index is 11.9. The van der Waals surface area contributed by atoms with Crippen LogP contribution in [0.1, 0.15) is 76.7 Å². The quantitative estimate of drug-likeness (QED) is 0.345.